The molecule has 0 aliphatic heterocycles. The molecule has 4 rings (SSSR count). The van der Waals surface area contributed by atoms with E-state index in [9.17, 15) is 19.7 Å². The summed E-state index contributed by atoms with van der Waals surface area (Å²) in [6.07, 6.45) is 9.23. The summed E-state index contributed by atoms with van der Waals surface area (Å²) in [6.45, 7) is 2.73. The zero-order valence-corrected chi connectivity index (χ0v) is 19.4. The predicted octanol–water partition coefficient (Wildman–Crippen LogP) is 4.98. The fraction of sp³-hybridized carbons (Fsp3) is 0.385. The highest BCUT2D eigenvalue weighted by Gasteiger charge is 2.43. The van der Waals surface area contributed by atoms with Crippen molar-refractivity contribution in [2.75, 3.05) is 0 Å². The molecule has 8 nitrogen and oxygen atoms in total. The molecule has 0 saturated carbocycles. The molecular weight excluding hydrogens is 432 g/mol. The van der Waals surface area contributed by atoms with E-state index in [-0.39, 0.29) is 28.6 Å². The first-order valence-corrected chi connectivity index (χ1v) is 12.0. The normalized spacial score (nSPS) is 12.5. The fourth-order valence-electron chi connectivity index (χ4n) is 4.43. The molecule has 1 heterocycles. The number of aryl methyl sites for hydroxylation is 1. The number of hydrogen-bond donors (Lipinski definition) is 0. The lowest BCUT2D eigenvalue weighted by molar-refractivity contribution is -0.756. The van der Waals surface area contributed by atoms with Crippen molar-refractivity contribution in [1.82, 2.24) is 9.90 Å². The summed E-state index contributed by atoms with van der Waals surface area (Å²) in [5, 5.41) is 15.6. The number of ketones is 2. The van der Waals surface area contributed by atoms with Gasteiger partial charge in [-0.2, -0.15) is 0 Å². The quantitative estimate of drug-likeness (QED) is 0.136. The minimum absolute atomic E-state index is 0.0515. The number of hydrogen-bond acceptors (Lipinski definition) is 5. The van der Waals surface area contributed by atoms with Crippen LogP contribution in [0.1, 0.15) is 90.4 Å². The molecule has 0 atom stereocenters. The smallest absolute Gasteiger partial charge is 0.269 e. The van der Waals surface area contributed by atoms with Crippen LogP contribution < -0.4 is 4.68 Å². The topological polar surface area (TPSA) is 99.0 Å². The number of nitro benzene ring substituents is 1. The summed E-state index contributed by atoms with van der Waals surface area (Å²) in [5.41, 5.74) is 1.67. The Morgan fingerprint density at radius 2 is 1.44 bits per heavy atom. The van der Waals surface area contributed by atoms with Gasteiger partial charge in [0.2, 0.25) is 17.3 Å². The molecule has 0 fully saturated rings. The average molecular weight is 462 g/mol. The fourth-order valence-corrected chi connectivity index (χ4v) is 4.43. The van der Waals surface area contributed by atoms with Gasteiger partial charge in [-0.25, -0.2) is 0 Å². The second-order valence-corrected chi connectivity index (χ2v) is 8.67. The number of benzene rings is 2. The van der Waals surface area contributed by atoms with Crippen LogP contribution in [0.4, 0.5) is 5.69 Å². The zero-order valence-electron chi connectivity index (χ0n) is 19.4. The van der Waals surface area contributed by atoms with E-state index in [1.54, 1.807) is 41.1 Å². The molecule has 0 N–H and O–H groups in total. The van der Waals surface area contributed by atoms with Crippen molar-refractivity contribution in [3.05, 3.63) is 81.2 Å². The number of non-ortho nitro benzene ring substituents is 1. The monoisotopic (exact) mass is 461 g/mol. The molecule has 0 saturated heterocycles. The lowest BCUT2D eigenvalue weighted by Crippen LogP contribution is -2.43. The van der Waals surface area contributed by atoms with Crippen molar-refractivity contribution in [3.63, 3.8) is 0 Å². The molecule has 0 amide bonds. The van der Waals surface area contributed by atoms with Gasteiger partial charge in [0.15, 0.2) is 5.69 Å². The number of aromatic nitrogens is 3. The molecule has 0 unspecified atom stereocenters. The van der Waals surface area contributed by atoms with Gasteiger partial charge in [-0.05, 0) is 25.0 Å². The largest absolute Gasteiger partial charge is 0.284 e. The van der Waals surface area contributed by atoms with Crippen LogP contribution in [0.5, 0.6) is 0 Å². The maximum atomic E-state index is 13.4. The molecule has 34 heavy (non-hydrogen) atoms. The van der Waals surface area contributed by atoms with Crippen LogP contribution in [-0.4, -0.2) is 26.4 Å². The van der Waals surface area contributed by atoms with Crippen molar-refractivity contribution in [2.24, 2.45) is 0 Å². The van der Waals surface area contributed by atoms with Gasteiger partial charge in [0.1, 0.15) is 6.54 Å². The first-order valence-electron chi connectivity index (χ1n) is 12.0. The summed E-state index contributed by atoms with van der Waals surface area (Å²) in [4.78, 5) is 37.4. The predicted molar refractivity (Wildman–Crippen MR) is 126 cm³/mol. The third-order valence-electron chi connectivity index (χ3n) is 6.27. The summed E-state index contributed by atoms with van der Waals surface area (Å²) < 4.78 is 3.07. The van der Waals surface area contributed by atoms with E-state index in [1.807, 2.05) is 0 Å². The number of rotatable bonds is 11. The zero-order chi connectivity index (χ0) is 24.1. The highest BCUT2D eigenvalue weighted by molar-refractivity contribution is 6.26. The van der Waals surface area contributed by atoms with E-state index in [2.05, 4.69) is 12.1 Å². The Balaban J connectivity index is 1.61. The van der Waals surface area contributed by atoms with E-state index in [0.29, 0.717) is 23.4 Å². The lowest BCUT2D eigenvalue weighted by Gasteiger charge is -2.11. The molecule has 1 aliphatic rings. The number of fused-ring (bicyclic) bond motifs is 2. The van der Waals surface area contributed by atoms with E-state index >= 15 is 0 Å². The van der Waals surface area contributed by atoms with Crippen molar-refractivity contribution >= 4 is 17.3 Å². The van der Waals surface area contributed by atoms with Gasteiger partial charge < -0.3 is 0 Å². The second-order valence-electron chi connectivity index (χ2n) is 8.67. The standard InChI is InChI=1S/C26H29N4O4/c1-2-3-4-5-6-7-8-11-18-28-23-24(26(32)22-13-10-9-12-21(22)25(23)31)29(27-28)19-14-16-20(17-15-19)30(33)34/h9-10,12-17H,2-8,11,18H2,1H3/q+1. The Hall–Kier alpha value is -3.68. The average Bonchev–Trinajstić information content (AvgIpc) is 3.24. The number of unbranched alkanes of at least 4 members (excludes halogenated alkanes) is 7. The van der Waals surface area contributed by atoms with Gasteiger partial charge in [-0.15, -0.1) is 4.68 Å². The third-order valence-corrected chi connectivity index (χ3v) is 6.27. The highest BCUT2D eigenvalue weighted by Crippen LogP contribution is 2.27. The maximum absolute atomic E-state index is 13.4. The first-order chi connectivity index (χ1) is 16.5. The molecule has 3 aromatic rings. The third kappa shape index (κ3) is 4.66. The summed E-state index contributed by atoms with van der Waals surface area (Å²) >= 11 is 0. The second kappa shape index (κ2) is 10.5. The minimum Gasteiger partial charge on any atom is -0.284 e. The van der Waals surface area contributed by atoms with Gasteiger partial charge in [0, 0.05) is 23.3 Å². The number of carbonyl (C=O) groups excluding carboxylic acids is 2. The van der Waals surface area contributed by atoms with Crippen molar-refractivity contribution < 1.29 is 19.2 Å². The van der Waals surface area contributed by atoms with Crippen LogP contribution in [0.25, 0.3) is 5.69 Å². The van der Waals surface area contributed by atoms with Crippen LogP contribution in [0.15, 0.2) is 48.5 Å². The molecule has 0 bridgehead atoms. The molecule has 2 aromatic carbocycles. The van der Waals surface area contributed by atoms with E-state index < -0.39 is 4.92 Å². The first kappa shape index (κ1) is 23.5. The summed E-state index contributed by atoms with van der Waals surface area (Å²) in [6, 6.07) is 12.6. The summed E-state index contributed by atoms with van der Waals surface area (Å²) in [5.74, 6) is -0.497. The van der Waals surface area contributed by atoms with E-state index in [1.165, 1.54) is 48.9 Å². The minimum atomic E-state index is -0.476. The molecule has 0 spiro atoms. The lowest BCUT2D eigenvalue weighted by atomic mass is 9.89. The molecule has 1 aliphatic carbocycles. The van der Waals surface area contributed by atoms with Gasteiger partial charge >= 0.3 is 0 Å². The van der Waals surface area contributed by atoms with Gasteiger partial charge in [-0.1, -0.05) is 74.4 Å². The number of carbonyl (C=O) groups is 2. The van der Waals surface area contributed by atoms with E-state index in [4.69, 9.17) is 0 Å². The Labute approximate surface area is 198 Å². The van der Waals surface area contributed by atoms with Crippen molar-refractivity contribution in [2.45, 2.75) is 64.8 Å². The molecular formula is C26H29N4O4+. The van der Waals surface area contributed by atoms with Gasteiger partial charge in [0.25, 0.3) is 11.4 Å². The Morgan fingerprint density at radius 1 is 0.853 bits per heavy atom. The van der Waals surface area contributed by atoms with Crippen LogP contribution in [0.3, 0.4) is 0 Å². The Kier molecular flexibility index (Phi) is 7.25. The van der Waals surface area contributed by atoms with Gasteiger partial charge in [-0.3, -0.25) is 19.7 Å². The summed E-state index contributed by atoms with van der Waals surface area (Å²) in [7, 11) is 0. The van der Waals surface area contributed by atoms with Crippen molar-refractivity contribution in [3.8, 4) is 5.69 Å². The Morgan fingerprint density at radius 3 is 2.06 bits per heavy atom. The SMILES string of the molecule is CCCCCCCCCC[n+]1nn(-c2ccc([N+](=O)[O-])cc2)c2c1C(=O)c1ccccc1C2=O. The van der Waals surface area contributed by atoms with Gasteiger partial charge in [0.05, 0.1) is 10.1 Å². The van der Waals surface area contributed by atoms with Crippen LogP contribution in [0.2, 0.25) is 0 Å². The Bertz CT molecular complexity index is 1210. The van der Waals surface area contributed by atoms with E-state index in [0.717, 1.165) is 19.3 Å². The van der Waals surface area contributed by atoms with Crippen LogP contribution >= 0.6 is 0 Å². The maximum Gasteiger partial charge on any atom is 0.269 e. The van der Waals surface area contributed by atoms with Crippen molar-refractivity contribution in [1.29, 1.82) is 0 Å². The highest BCUT2D eigenvalue weighted by atomic mass is 16.6. The van der Waals surface area contributed by atoms with Crippen LogP contribution in [-0.2, 0) is 6.54 Å². The number of nitro groups is 1. The number of nitrogens with zero attached hydrogens (tertiary/aromatic N) is 4. The molecule has 1 aromatic heterocycles. The molecule has 0 radical (unpaired) electrons. The molecule has 8 heteroatoms. The molecule has 176 valence electrons. The van der Waals surface area contributed by atoms with Crippen LogP contribution in [0, 0.1) is 10.1 Å².